The molecule has 46 heavy (non-hydrogen) atoms. The minimum Gasteiger partial charge on any atom is -0.309 e. The first-order chi connectivity index (χ1) is 22.8. The predicted molar refractivity (Wildman–Crippen MR) is 196 cm³/mol. The van der Waals surface area contributed by atoms with Crippen molar-refractivity contribution in [2.24, 2.45) is 0 Å². The second-order valence-electron chi connectivity index (χ2n) is 11.6. The van der Waals surface area contributed by atoms with Crippen LogP contribution in [0.4, 0.5) is 5.69 Å². The standard InChI is InChI=1S/C43H30N2Si/c1-44-34-24-30-39(31-25-34)46(36-12-4-2-5-13-36,37-14-6-3-7-15-37)38-28-22-33(23-29-38)32-20-26-35(27-21-32)45-42-18-10-8-16-40(42)41-17-9-11-19-43(41)45/h2-31H. The van der Waals surface area contributed by atoms with Gasteiger partial charge in [0.25, 0.3) is 0 Å². The Hall–Kier alpha value is -5.95. The van der Waals surface area contributed by atoms with Gasteiger partial charge in [-0.05, 0) is 56.1 Å². The highest BCUT2D eigenvalue weighted by molar-refractivity contribution is 7.19. The molecule has 8 rings (SSSR count). The molecule has 7 aromatic carbocycles. The van der Waals surface area contributed by atoms with E-state index in [1.807, 2.05) is 12.1 Å². The maximum Gasteiger partial charge on any atom is 0.187 e. The van der Waals surface area contributed by atoms with Gasteiger partial charge in [-0.2, -0.15) is 0 Å². The van der Waals surface area contributed by atoms with Crippen LogP contribution in [0.1, 0.15) is 0 Å². The minimum atomic E-state index is -2.66. The Morgan fingerprint density at radius 1 is 0.391 bits per heavy atom. The summed E-state index contributed by atoms with van der Waals surface area (Å²) in [6.07, 6.45) is 0. The summed E-state index contributed by atoms with van der Waals surface area (Å²) in [6, 6.07) is 65.4. The fourth-order valence-corrected chi connectivity index (χ4v) is 11.8. The molecule has 1 heterocycles. The molecule has 0 atom stereocenters. The van der Waals surface area contributed by atoms with E-state index in [4.69, 9.17) is 6.57 Å². The van der Waals surface area contributed by atoms with Gasteiger partial charge in [0.1, 0.15) is 0 Å². The number of rotatable bonds is 6. The van der Waals surface area contributed by atoms with Crippen LogP contribution in [0.25, 0.3) is 43.5 Å². The highest BCUT2D eigenvalue weighted by Gasteiger charge is 2.41. The topological polar surface area (TPSA) is 9.29 Å². The van der Waals surface area contributed by atoms with Crippen molar-refractivity contribution < 1.29 is 0 Å². The van der Waals surface area contributed by atoms with Crippen molar-refractivity contribution in [1.29, 1.82) is 0 Å². The number of nitrogens with zero attached hydrogens (tertiary/aromatic N) is 2. The van der Waals surface area contributed by atoms with E-state index in [0.29, 0.717) is 5.69 Å². The Balaban J connectivity index is 1.23. The lowest BCUT2D eigenvalue weighted by Crippen LogP contribution is -2.74. The van der Waals surface area contributed by atoms with Crippen LogP contribution in [0.15, 0.2) is 182 Å². The van der Waals surface area contributed by atoms with E-state index in [9.17, 15) is 0 Å². The maximum atomic E-state index is 7.53. The van der Waals surface area contributed by atoms with Crippen LogP contribution in [0.5, 0.6) is 0 Å². The molecule has 216 valence electrons. The van der Waals surface area contributed by atoms with Crippen molar-refractivity contribution in [2.45, 2.75) is 0 Å². The summed E-state index contributed by atoms with van der Waals surface area (Å²) in [5.74, 6) is 0. The minimum absolute atomic E-state index is 0.660. The van der Waals surface area contributed by atoms with E-state index in [2.05, 4.69) is 179 Å². The molecule has 0 aliphatic carbocycles. The smallest absolute Gasteiger partial charge is 0.187 e. The van der Waals surface area contributed by atoms with E-state index in [0.717, 1.165) is 5.69 Å². The SMILES string of the molecule is [C-]#[N+]c1ccc([Si](c2ccccc2)(c2ccccc2)c2ccc(-c3ccc(-n4c5ccccc5c5ccccc54)cc3)cc2)cc1. The fourth-order valence-electron chi connectivity index (χ4n) is 7.08. The van der Waals surface area contributed by atoms with Crippen LogP contribution in [0.2, 0.25) is 0 Å². The first-order valence-corrected chi connectivity index (χ1v) is 17.6. The summed E-state index contributed by atoms with van der Waals surface area (Å²) in [7, 11) is -2.66. The lowest BCUT2D eigenvalue weighted by atomic mass is 10.1. The van der Waals surface area contributed by atoms with Gasteiger partial charge in [-0.25, -0.2) is 4.85 Å². The third-order valence-electron chi connectivity index (χ3n) is 9.20. The second-order valence-corrected chi connectivity index (χ2v) is 15.4. The van der Waals surface area contributed by atoms with Crippen LogP contribution in [0, 0.1) is 6.57 Å². The molecule has 0 fully saturated rings. The molecule has 0 saturated carbocycles. The third kappa shape index (κ3) is 4.47. The van der Waals surface area contributed by atoms with Gasteiger partial charge in [-0.3, -0.25) is 0 Å². The molecule has 3 heteroatoms. The first-order valence-electron chi connectivity index (χ1n) is 15.6. The van der Waals surface area contributed by atoms with Crippen molar-refractivity contribution >= 4 is 56.3 Å². The van der Waals surface area contributed by atoms with E-state index >= 15 is 0 Å². The van der Waals surface area contributed by atoms with Crippen molar-refractivity contribution in [3.63, 3.8) is 0 Å². The average molecular weight is 603 g/mol. The van der Waals surface area contributed by atoms with Crippen molar-refractivity contribution in [1.82, 2.24) is 4.57 Å². The molecule has 8 aromatic rings. The van der Waals surface area contributed by atoms with Crippen LogP contribution >= 0.6 is 0 Å². The molecule has 0 bridgehead atoms. The molecule has 0 spiro atoms. The Morgan fingerprint density at radius 3 is 1.26 bits per heavy atom. The lowest BCUT2D eigenvalue weighted by Gasteiger charge is -2.34. The van der Waals surface area contributed by atoms with E-state index < -0.39 is 8.07 Å². The third-order valence-corrected chi connectivity index (χ3v) is 14.0. The Kier molecular flexibility index (Phi) is 6.91. The van der Waals surface area contributed by atoms with Gasteiger partial charge in [0.05, 0.1) is 17.6 Å². The van der Waals surface area contributed by atoms with Crippen LogP contribution in [-0.2, 0) is 0 Å². The highest BCUT2D eigenvalue weighted by Crippen LogP contribution is 2.32. The van der Waals surface area contributed by atoms with Gasteiger partial charge < -0.3 is 4.57 Å². The number of hydrogen-bond donors (Lipinski definition) is 0. The lowest BCUT2D eigenvalue weighted by molar-refractivity contribution is 1.18. The van der Waals surface area contributed by atoms with Gasteiger partial charge in [-0.1, -0.05) is 158 Å². The van der Waals surface area contributed by atoms with E-state index in [1.165, 1.54) is 53.7 Å². The van der Waals surface area contributed by atoms with Crippen LogP contribution < -0.4 is 20.7 Å². The van der Waals surface area contributed by atoms with Crippen LogP contribution in [-0.4, -0.2) is 12.6 Å². The van der Waals surface area contributed by atoms with E-state index in [-0.39, 0.29) is 0 Å². The number of hydrogen-bond acceptors (Lipinski definition) is 0. The number of para-hydroxylation sites is 2. The summed E-state index contributed by atoms with van der Waals surface area (Å²) in [4.78, 5) is 3.67. The van der Waals surface area contributed by atoms with E-state index in [1.54, 1.807) is 0 Å². The summed E-state index contributed by atoms with van der Waals surface area (Å²) >= 11 is 0. The van der Waals surface area contributed by atoms with Gasteiger partial charge in [0.15, 0.2) is 13.8 Å². The zero-order valence-corrected chi connectivity index (χ0v) is 26.2. The summed E-state index contributed by atoms with van der Waals surface area (Å²) in [5.41, 5.74) is 6.61. The zero-order chi connectivity index (χ0) is 30.9. The number of benzene rings is 7. The quantitative estimate of drug-likeness (QED) is 0.103. The molecule has 2 nitrogen and oxygen atoms in total. The molecule has 0 amide bonds. The van der Waals surface area contributed by atoms with Crippen molar-refractivity contribution in [2.75, 3.05) is 0 Å². The van der Waals surface area contributed by atoms with Gasteiger partial charge in [0.2, 0.25) is 0 Å². The highest BCUT2D eigenvalue weighted by atomic mass is 28.3. The molecular weight excluding hydrogens is 573 g/mol. The first kappa shape index (κ1) is 27.6. The molecule has 1 aromatic heterocycles. The molecule has 0 unspecified atom stereocenters. The maximum absolute atomic E-state index is 7.53. The summed E-state index contributed by atoms with van der Waals surface area (Å²) in [5, 5.41) is 7.75. The van der Waals surface area contributed by atoms with Gasteiger partial charge >= 0.3 is 0 Å². The molecule has 0 radical (unpaired) electrons. The number of fused-ring (bicyclic) bond motifs is 3. The monoisotopic (exact) mass is 602 g/mol. The molecule has 0 aliphatic rings. The van der Waals surface area contributed by atoms with Gasteiger partial charge in [-0.15, -0.1) is 0 Å². The average Bonchev–Trinajstić information content (AvgIpc) is 3.48. The predicted octanol–water partition coefficient (Wildman–Crippen LogP) is 8.38. The second kappa shape index (κ2) is 11.5. The molecular formula is C43H30N2Si. The molecule has 0 aliphatic heterocycles. The van der Waals surface area contributed by atoms with Crippen LogP contribution in [0.3, 0.4) is 0 Å². The van der Waals surface area contributed by atoms with Crippen molar-refractivity contribution in [3.8, 4) is 16.8 Å². The Labute approximate surface area is 270 Å². The normalized spacial score (nSPS) is 11.5. The number of aromatic nitrogens is 1. The van der Waals surface area contributed by atoms with Gasteiger partial charge in [0, 0.05) is 16.5 Å². The summed E-state index contributed by atoms with van der Waals surface area (Å²) < 4.78 is 2.36. The fraction of sp³-hybridized carbons (Fsp3) is 0. The van der Waals surface area contributed by atoms with Crippen molar-refractivity contribution in [3.05, 3.63) is 193 Å². The molecule has 0 saturated heterocycles. The molecule has 0 N–H and O–H groups in total. The Morgan fingerprint density at radius 2 is 0.783 bits per heavy atom. The zero-order valence-electron chi connectivity index (χ0n) is 25.2. The Bertz CT molecular complexity index is 2240. The summed E-state index contributed by atoms with van der Waals surface area (Å²) in [6.45, 7) is 7.53. The largest absolute Gasteiger partial charge is 0.309 e.